The zero-order valence-electron chi connectivity index (χ0n) is 15.0. The van der Waals surface area contributed by atoms with Crippen LogP contribution in [0, 0.1) is 0 Å². The van der Waals surface area contributed by atoms with Crippen LogP contribution in [0.1, 0.15) is 39.7 Å². The summed E-state index contributed by atoms with van der Waals surface area (Å²) in [5.74, 6) is 0. The monoisotopic (exact) mass is 359 g/mol. The summed E-state index contributed by atoms with van der Waals surface area (Å²) >= 11 is 0. The van der Waals surface area contributed by atoms with E-state index >= 15 is 0 Å². The van der Waals surface area contributed by atoms with Gasteiger partial charge in [0.2, 0.25) is 0 Å². The van der Waals surface area contributed by atoms with Crippen LogP contribution in [-0.4, -0.2) is 46.3 Å². The Morgan fingerprint density at radius 3 is 2.38 bits per heavy atom. The van der Waals surface area contributed by atoms with Gasteiger partial charge in [-0.05, 0) is 31.9 Å². The van der Waals surface area contributed by atoms with Crippen molar-refractivity contribution in [3.05, 3.63) is 29.8 Å². The van der Waals surface area contributed by atoms with E-state index in [-0.39, 0.29) is 17.2 Å². The fraction of sp³-hybridized carbons (Fsp3) is 0.667. The predicted octanol–water partition coefficient (Wildman–Crippen LogP) is 3.20. The highest BCUT2D eigenvalue weighted by Gasteiger charge is 2.31. The molecule has 24 heavy (non-hydrogen) atoms. The molecule has 0 aromatic heterocycles. The molecule has 1 aliphatic rings. The average molecular weight is 360 g/mol. The molecule has 2 unspecified atom stereocenters. The Bertz CT molecular complexity index is 537. The van der Waals surface area contributed by atoms with Gasteiger partial charge >= 0.3 is 6.18 Å². The number of halogens is 3. The average Bonchev–Trinajstić information content (AvgIpc) is 2.43. The van der Waals surface area contributed by atoms with Gasteiger partial charge in [-0.15, -0.1) is 0 Å². The Balaban J connectivity index is 1.93. The van der Waals surface area contributed by atoms with E-state index in [2.05, 4.69) is 32.6 Å². The number of ether oxygens (including phenoxy) is 1. The molecular weight excluding hydrogens is 331 g/mol. The van der Waals surface area contributed by atoms with Gasteiger partial charge in [0, 0.05) is 13.1 Å². The van der Waals surface area contributed by atoms with Crippen molar-refractivity contribution in [2.45, 2.75) is 57.5 Å². The Morgan fingerprint density at radius 2 is 1.79 bits per heavy atom. The SMILES string of the molecule is CC1CN(CCC(C)(C)[SiH2]c2cccc(C(F)(F)F)c2)CC(C)O1. The van der Waals surface area contributed by atoms with Crippen LogP contribution in [0.5, 0.6) is 0 Å². The van der Waals surface area contributed by atoms with Crippen LogP contribution in [-0.2, 0) is 10.9 Å². The lowest BCUT2D eigenvalue weighted by atomic mass is 10.1. The van der Waals surface area contributed by atoms with Crippen LogP contribution in [0.3, 0.4) is 0 Å². The van der Waals surface area contributed by atoms with Gasteiger partial charge in [0.1, 0.15) is 0 Å². The summed E-state index contributed by atoms with van der Waals surface area (Å²) in [6, 6.07) is 5.88. The van der Waals surface area contributed by atoms with E-state index in [4.69, 9.17) is 4.74 Å². The minimum atomic E-state index is -4.26. The second-order valence-corrected chi connectivity index (χ2v) is 10.9. The molecule has 2 atom stereocenters. The number of nitrogens with zero attached hydrogens (tertiary/aromatic N) is 1. The maximum absolute atomic E-state index is 12.9. The minimum absolute atomic E-state index is 0.0923. The fourth-order valence-electron chi connectivity index (χ4n) is 3.43. The van der Waals surface area contributed by atoms with Gasteiger partial charge in [-0.2, -0.15) is 13.2 Å². The molecule has 0 bridgehead atoms. The number of hydrogen-bond donors (Lipinski definition) is 0. The molecule has 0 radical (unpaired) electrons. The van der Waals surface area contributed by atoms with E-state index in [0.717, 1.165) is 37.3 Å². The van der Waals surface area contributed by atoms with Crippen LogP contribution in [0.25, 0.3) is 0 Å². The molecule has 1 heterocycles. The molecule has 0 amide bonds. The Labute approximate surface area is 145 Å². The summed E-state index contributed by atoms with van der Waals surface area (Å²) in [6.45, 7) is 11.4. The first-order valence-electron chi connectivity index (χ1n) is 8.59. The standard InChI is InChI=1S/C18H28F3NOSi/c1-13-11-22(12-14(2)23-13)9-8-17(3,4)24-16-7-5-6-15(10-16)18(19,20)21/h5-7,10,13-14H,8-9,11-12,24H2,1-4H3. The summed E-state index contributed by atoms with van der Waals surface area (Å²) in [5, 5.41) is 0.980. The van der Waals surface area contributed by atoms with Gasteiger partial charge in [-0.25, -0.2) is 0 Å². The topological polar surface area (TPSA) is 12.5 Å². The highest BCUT2D eigenvalue weighted by Crippen LogP contribution is 2.30. The summed E-state index contributed by atoms with van der Waals surface area (Å²) in [7, 11) is -0.793. The molecule has 0 N–H and O–H groups in total. The molecule has 1 saturated heterocycles. The number of benzene rings is 1. The smallest absolute Gasteiger partial charge is 0.373 e. The third-order valence-electron chi connectivity index (χ3n) is 4.54. The summed E-state index contributed by atoms with van der Waals surface area (Å²) in [5.41, 5.74) is -0.529. The Kier molecular flexibility index (Phi) is 6.15. The van der Waals surface area contributed by atoms with E-state index in [1.807, 2.05) is 6.07 Å². The van der Waals surface area contributed by atoms with E-state index in [1.54, 1.807) is 0 Å². The number of rotatable bonds is 5. The van der Waals surface area contributed by atoms with Crippen molar-refractivity contribution >= 4 is 14.7 Å². The highest BCUT2D eigenvalue weighted by atomic mass is 28.2. The second kappa shape index (κ2) is 7.58. The van der Waals surface area contributed by atoms with Crippen molar-refractivity contribution in [1.82, 2.24) is 4.90 Å². The molecular formula is C18H28F3NOSi. The fourth-order valence-corrected chi connectivity index (χ4v) is 5.44. The maximum Gasteiger partial charge on any atom is 0.416 e. The van der Waals surface area contributed by atoms with Crippen LogP contribution in [0.4, 0.5) is 13.2 Å². The molecule has 1 aromatic rings. The number of alkyl halides is 3. The quantitative estimate of drug-likeness (QED) is 0.749. The lowest BCUT2D eigenvalue weighted by molar-refractivity contribution is -0.137. The molecule has 136 valence electrons. The summed E-state index contributed by atoms with van der Waals surface area (Å²) in [4.78, 5) is 2.42. The second-order valence-electron chi connectivity index (χ2n) is 7.81. The van der Waals surface area contributed by atoms with Crippen molar-refractivity contribution < 1.29 is 17.9 Å². The van der Waals surface area contributed by atoms with Gasteiger partial charge in [-0.1, -0.05) is 43.3 Å². The van der Waals surface area contributed by atoms with Gasteiger partial charge in [-0.3, -0.25) is 4.90 Å². The molecule has 6 heteroatoms. The van der Waals surface area contributed by atoms with Crippen molar-refractivity contribution in [3.63, 3.8) is 0 Å². The molecule has 1 fully saturated rings. The van der Waals surface area contributed by atoms with E-state index in [0.29, 0.717) is 0 Å². The third-order valence-corrected chi connectivity index (χ3v) is 6.70. The van der Waals surface area contributed by atoms with E-state index < -0.39 is 21.3 Å². The largest absolute Gasteiger partial charge is 0.416 e. The van der Waals surface area contributed by atoms with Gasteiger partial charge < -0.3 is 4.74 Å². The Hall–Kier alpha value is -0.853. The molecule has 1 aliphatic heterocycles. The first kappa shape index (κ1) is 19.5. The van der Waals surface area contributed by atoms with Gasteiger partial charge in [0.05, 0.1) is 27.3 Å². The molecule has 2 nitrogen and oxygen atoms in total. The lowest BCUT2D eigenvalue weighted by Crippen LogP contribution is -2.46. The highest BCUT2D eigenvalue weighted by molar-refractivity contribution is 6.56. The predicted molar refractivity (Wildman–Crippen MR) is 94.7 cm³/mol. The number of morpholine rings is 1. The molecule has 2 rings (SSSR count). The van der Waals surface area contributed by atoms with Crippen molar-refractivity contribution in [1.29, 1.82) is 0 Å². The van der Waals surface area contributed by atoms with Gasteiger partial charge in [0.15, 0.2) is 0 Å². The third kappa shape index (κ3) is 5.90. The van der Waals surface area contributed by atoms with E-state index in [9.17, 15) is 13.2 Å². The Morgan fingerprint density at radius 1 is 1.17 bits per heavy atom. The molecule has 0 saturated carbocycles. The van der Waals surface area contributed by atoms with Crippen LogP contribution in [0.15, 0.2) is 24.3 Å². The lowest BCUT2D eigenvalue weighted by Gasteiger charge is -2.37. The van der Waals surface area contributed by atoms with Crippen molar-refractivity contribution in [3.8, 4) is 0 Å². The first-order chi connectivity index (χ1) is 11.0. The van der Waals surface area contributed by atoms with Crippen LogP contribution in [0.2, 0.25) is 5.04 Å². The summed E-state index contributed by atoms with van der Waals surface area (Å²) in [6.07, 6.45) is -2.75. The summed E-state index contributed by atoms with van der Waals surface area (Å²) < 4.78 is 44.3. The van der Waals surface area contributed by atoms with E-state index in [1.165, 1.54) is 12.1 Å². The minimum Gasteiger partial charge on any atom is -0.373 e. The molecule has 0 spiro atoms. The molecule has 1 aromatic carbocycles. The first-order valence-corrected chi connectivity index (χ1v) is 10.0. The number of hydrogen-bond acceptors (Lipinski definition) is 2. The maximum atomic E-state index is 12.9. The normalized spacial score (nSPS) is 24.0. The van der Waals surface area contributed by atoms with Crippen LogP contribution < -0.4 is 5.19 Å². The zero-order chi connectivity index (χ0) is 18.0. The van der Waals surface area contributed by atoms with Gasteiger partial charge in [0.25, 0.3) is 0 Å². The van der Waals surface area contributed by atoms with Crippen molar-refractivity contribution in [2.24, 2.45) is 0 Å². The van der Waals surface area contributed by atoms with Crippen LogP contribution >= 0.6 is 0 Å². The van der Waals surface area contributed by atoms with Crippen molar-refractivity contribution in [2.75, 3.05) is 19.6 Å². The zero-order valence-corrected chi connectivity index (χ0v) is 16.4. The molecule has 0 aliphatic carbocycles.